The summed E-state index contributed by atoms with van der Waals surface area (Å²) in [5, 5.41) is 0. The van der Waals surface area contributed by atoms with Crippen molar-refractivity contribution in [3.8, 4) is 0 Å². The van der Waals surface area contributed by atoms with Gasteiger partial charge in [0.25, 0.3) is 0 Å². The molecule has 0 bridgehead atoms. The topological polar surface area (TPSA) is 35.0 Å². The van der Waals surface area contributed by atoms with E-state index in [0.717, 1.165) is 9.48 Å². The summed E-state index contributed by atoms with van der Waals surface area (Å²) in [7, 11) is 0. The largest absolute Gasteiger partial charge is 0.366 e. The Bertz CT molecular complexity index is 446. The van der Waals surface area contributed by atoms with Crippen LogP contribution in [0.3, 0.4) is 0 Å². The molecule has 16 heavy (non-hydrogen) atoms. The second kappa shape index (κ2) is 5.52. The molecule has 2 aromatic rings. The van der Waals surface area contributed by atoms with E-state index in [1.54, 1.807) is 0 Å². The Labute approximate surface area is 107 Å². The predicted octanol–water partition coefficient (Wildman–Crippen LogP) is 3.43. The van der Waals surface area contributed by atoms with E-state index in [1.165, 1.54) is 11.5 Å². The number of rotatable bonds is 4. The van der Waals surface area contributed by atoms with Crippen molar-refractivity contribution in [1.82, 2.24) is 9.36 Å². The van der Waals surface area contributed by atoms with Crippen LogP contribution < -0.4 is 0 Å². The average Bonchev–Trinajstić information content (AvgIpc) is 2.74. The Hall–Kier alpha value is -0.780. The average molecular weight is 299 g/mol. The molecule has 0 aliphatic carbocycles. The van der Waals surface area contributed by atoms with Crippen molar-refractivity contribution in [2.45, 2.75) is 13.0 Å². The minimum absolute atomic E-state index is 0.172. The number of halogens is 1. The Kier molecular flexibility index (Phi) is 4.04. The fraction of sp³-hybridized carbons (Fsp3) is 0.273. The Balaban J connectivity index is 2.31. The van der Waals surface area contributed by atoms with Crippen molar-refractivity contribution in [3.63, 3.8) is 0 Å². The van der Waals surface area contributed by atoms with Gasteiger partial charge in [0, 0.05) is 6.61 Å². The molecule has 0 spiro atoms. The monoisotopic (exact) mass is 298 g/mol. The summed E-state index contributed by atoms with van der Waals surface area (Å²) in [4.78, 5) is 4.31. The van der Waals surface area contributed by atoms with Gasteiger partial charge in [-0.15, -0.1) is 0 Å². The van der Waals surface area contributed by atoms with E-state index in [2.05, 4.69) is 25.3 Å². The maximum atomic E-state index is 5.69. The molecular formula is C11H11BrN2OS. The van der Waals surface area contributed by atoms with E-state index in [-0.39, 0.29) is 6.10 Å². The first-order chi connectivity index (χ1) is 7.81. The van der Waals surface area contributed by atoms with E-state index in [4.69, 9.17) is 4.74 Å². The summed E-state index contributed by atoms with van der Waals surface area (Å²) in [6, 6.07) is 10.0. The Morgan fingerprint density at radius 1 is 1.38 bits per heavy atom. The molecule has 1 atom stereocenters. The van der Waals surface area contributed by atoms with Crippen molar-refractivity contribution >= 4 is 27.5 Å². The fourth-order valence-corrected chi connectivity index (χ4v) is 2.27. The highest BCUT2D eigenvalue weighted by Gasteiger charge is 2.18. The van der Waals surface area contributed by atoms with Gasteiger partial charge in [-0.3, -0.25) is 0 Å². The van der Waals surface area contributed by atoms with Crippen molar-refractivity contribution in [3.05, 3.63) is 45.6 Å². The first kappa shape index (κ1) is 11.7. The second-order valence-corrected chi connectivity index (χ2v) is 5.18. The summed E-state index contributed by atoms with van der Waals surface area (Å²) < 4.78 is 10.7. The van der Waals surface area contributed by atoms with Crippen LogP contribution in [0, 0.1) is 0 Å². The van der Waals surface area contributed by atoms with Gasteiger partial charge in [0.2, 0.25) is 0 Å². The van der Waals surface area contributed by atoms with Gasteiger partial charge in [0.05, 0.1) is 0 Å². The van der Waals surface area contributed by atoms with Gasteiger partial charge < -0.3 is 4.74 Å². The maximum absolute atomic E-state index is 5.69. The molecule has 0 radical (unpaired) electrons. The minimum atomic E-state index is -0.172. The van der Waals surface area contributed by atoms with E-state index in [1.807, 2.05) is 37.3 Å². The molecule has 1 aromatic heterocycles. The highest BCUT2D eigenvalue weighted by molar-refractivity contribution is 9.11. The van der Waals surface area contributed by atoms with Crippen molar-refractivity contribution in [2.24, 2.45) is 0 Å². The van der Waals surface area contributed by atoms with Gasteiger partial charge in [0.1, 0.15) is 6.10 Å². The summed E-state index contributed by atoms with van der Waals surface area (Å²) >= 11 is 4.64. The molecule has 0 fully saturated rings. The SMILES string of the molecule is CCOC(c1ccccc1)c1nsc(Br)n1. The molecule has 5 heteroatoms. The third-order valence-corrected chi connectivity index (χ3v) is 3.22. The Morgan fingerprint density at radius 3 is 2.69 bits per heavy atom. The smallest absolute Gasteiger partial charge is 0.179 e. The molecule has 2 rings (SSSR count). The number of benzene rings is 1. The molecule has 0 aliphatic rings. The van der Waals surface area contributed by atoms with Gasteiger partial charge in [-0.1, -0.05) is 30.3 Å². The summed E-state index contributed by atoms with van der Waals surface area (Å²) in [6.07, 6.45) is -0.172. The van der Waals surface area contributed by atoms with Crippen LogP contribution in [0.1, 0.15) is 24.4 Å². The summed E-state index contributed by atoms with van der Waals surface area (Å²) in [5.74, 6) is 0.713. The second-order valence-electron chi connectivity index (χ2n) is 3.15. The van der Waals surface area contributed by atoms with Crippen LogP contribution in [-0.4, -0.2) is 16.0 Å². The minimum Gasteiger partial charge on any atom is -0.366 e. The van der Waals surface area contributed by atoms with Crippen LogP contribution in [-0.2, 0) is 4.74 Å². The standard InChI is InChI=1S/C11H11BrN2OS/c1-2-15-9(8-6-4-3-5-7-8)10-13-11(12)16-14-10/h3-7,9H,2H2,1H3. The molecule has 0 aliphatic heterocycles. The first-order valence-electron chi connectivity index (χ1n) is 4.97. The molecule has 0 amide bonds. The van der Waals surface area contributed by atoms with Crippen LogP contribution in [0.15, 0.2) is 34.2 Å². The lowest BCUT2D eigenvalue weighted by Crippen LogP contribution is -2.07. The first-order valence-corrected chi connectivity index (χ1v) is 6.53. The third-order valence-electron chi connectivity index (χ3n) is 2.09. The van der Waals surface area contributed by atoms with E-state index < -0.39 is 0 Å². The fourth-order valence-electron chi connectivity index (χ4n) is 1.44. The lowest BCUT2D eigenvalue weighted by molar-refractivity contribution is 0.0859. The molecule has 1 aromatic carbocycles. The number of nitrogens with zero attached hydrogens (tertiary/aromatic N) is 2. The van der Waals surface area contributed by atoms with Crippen LogP contribution in [0.4, 0.5) is 0 Å². The molecule has 1 unspecified atom stereocenters. The summed E-state index contributed by atoms with van der Waals surface area (Å²) in [5.41, 5.74) is 1.08. The zero-order chi connectivity index (χ0) is 11.4. The van der Waals surface area contributed by atoms with Crippen molar-refractivity contribution in [2.75, 3.05) is 6.61 Å². The summed E-state index contributed by atoms with van der Waals surface area (Å²) in [6.45, 7) is 2.60. The number of hydrogen-bond acceptors (Lipinski definition) is 4. The third kappa shape index (κ3) is 2.66. The number of hydrogen-bond donors (Lipinski definition) is 0. The predicted molar refractivity (Wildman–Crippen MR) is 67.5 cm³/mol. The van der Waals surface area contributed by atoms with Crippen LogP contribution in [0.25, 0.3) is 0 Å². The van der Waals surface area contributed by atoms with Crippen molar-refractivity contribution in [1.29, 1.82) is 0 Å². The van der Waals surface area contributed by atoms with Crippen LogP contribution in [0.5, 0.6) is 0 Å². The van der Waals surface area contributed by atoms with Crippen LogP contribution >= 0.6 is 27.5 Å². The van der Waals surface area contributed by atoms with Crippen LogP contribution in [0.2, 0.25) is 0 Å². The van der Waals surface area contributed by atoms with Gasteiger partial charge in [0.15, 0.2) is 9.74 Å². The van der Waals surface area contributed by atoms with Gasteiger partial charge in [-0.05, 0) is 39.9 Å². The molecule has 84 valence electrons. The highest BCUT2D eigenvalue weighted by Crippen LogP contribution is 2.26. The zero-order valence-electron chi connectivity index (χ0n) is 8.76. The molecule has 0 N–H and O–H groups in total. The Morgan fingerprint density at radius 2 is 2.12 bits per heavy atom. The van der Waals surface area contributed by atoms with E-state index in [0.29, 0.717) is 12.4 Å². The van der Waals surface area contributed by atoms with Crippen molar-refractivity contribution < 1.29 is 4.74 Å². The molecule has 0 saturated heterocycles. The van der Waals surface area contributed by atoms with E-state index in [9.17, 15) is 0 Å². The highest BCUT2D eigenvalue weighted by atomic mass is 79.9. The number of aromatic nitrogens is 2. The zero-order valence-corrected chi connectivity index (χ0v) is 11.2. The quantitative estimate of drug-likeness (QED) is 0.867. The molecular weight excluding hydrogens is 288 g/mol. The molecule has 3 nitrogen and oxygen atoms in total. The van der Waals surface area contributed by atoms with E-state index >= 15 is 0 Å². The maximum Gasteiger partial charge on any atom is 0.179 e. The lowest BCUT2D eigenvalue weighted by Gasteiger charge is -2.13. The van der Waals surface area contributed by atoms with Gasteiger partial charge in [-0.2, -0.15) is 4.37 Å². The molecule has 0 saturated carbocycles. The van der Waals surface area contributed by atoms with Gasteiger partial charge >= 0.3 is 0 Å². The lowest BCUT2D eigenvalue weighted by atomic mass is 10.1. The molecule has 1 heterocycles. The normalized spacial score (nSPS) is 12.6. The van der Waals surface area contributed by atoms with Gasteiger partial charge in [-0.25, -0.2) is 4.98 Å². The number of ether oxygens (including phenoxy) is 1.